The number of aromatic nitrogens is 5. The van der Waals surface area contributed by atoms with Crippen LogP contribution in [0.4, 0.5) is 11.9 Å². The summed E-state index contributed by atoms with van der Waals surface area (Å²) in [6.07, 6.45) is 0. The van der Waals surface area contributed by atoms with E-state index in [-0.39, 0.29) is 41.6 Å². The van der Waals surface area contributed by atoms with Gasteiger partial charge in [0.15, 0.2) is 18.1 Å². The Morgan fingerprint density at radius 1 is 1.12 bits per heavy atom. The van der Waals surface area contributed by atoms with Crippen LogP contribution in [-0.4, -0.2) is 30.7 Å². The lowest BCUT2D eigenvalue weighted by atomic mass is 10.1. The van der Waals surface area contributed by atoms with E-state index in [2.05, 4.69) is 20.1 Å². The zero-order valence-electron chi connectivity index (χ0n) is 14.2. The number of carbonyl (C=O) groups is 1. The van der Waals surface area contributed by atoms with Crippen molar-refractivity contribution in [2.45, 2.75) is 26.5 Å². The van der Waals surface area contributed by atoms with E-state index in [1.54, 1.807) is 38.1 Å². The first-order valence-electron chi connectivity index (χ1n) is 7.81. The van der Waals surface area contributed by atoms with E-state index in [1.165, 1.54) is 4.68 Å². The van der Waals surface area contributed by atoms with Crippen molar-refractivity contribution < 1.29 is 9.53 Å². The Bertz CT molecular complexity index is 1030. The zero-order chi connectivity index (χ0) is 18.8. The summed E-state index contributed by atoms with van der Waals surface area (Å²) in [7, 11) is 0. The van der Waals surface area contributed by atoms with E-state index in [0.717, 1.165) is 0 Å². The monoisotopic (exact) mass is 355 g/mol. The molecule has 0 radical (unpaired) electrons. The number of hydrogen-bond donors (Lipinski definition) is 2. The van der Waals surface area contributed by atoms with Crippen molar-refractivity contribution in [1.82, 2.24) is 24.7 Å². The van der Waals surface area contributed by atoms with Crippen LogP contribution >= 0.6 is 0 Å². The van der Waals surface area contributed by atoms with Crippen molar-refractivity contribution in [2.75, 3.05) is 11.5 Å². The summed E-state index contributed by atoms with van der Waals surface area (Å²) in [5.41, 5.74) is 10.7. The first-order valence-corrected chi connectivity index (χ1v) is 7.81. The van der Waals surface area contributed by atoms with Crippen LogP contribution in [0.15, 0.2) is 29.1 Å². The molecule has 0 unspecified atom stereocenters. The van der Waals surface area contributed by atoms with Gasteiger partial charge >= 0.3 is 5.97 Å². The second-order valence-electron chi connectivity index (χ2n) is 5.78. The molecule has 3 aromatic rings. The van der Waals surface area contributed by atoms with Crippen LogP contribution < -0.4 is 17.0 Å². The quantitative estimate of drug-likeness (QED) is 0.643. The molecule has 0 bridgehead atoms. The molecule has 0 fully saturated rings. The molecule has 0 spiro atoms. The summed E-state index contributed by atoms with van der Waals surface area (Å²) >= 11 is 0. The molecule has 2 heterocycles. The third kappa shape index (κ3) is 3.29. The fraction of sp³-hybridized carbons (Fsp3) is 0.250. The Morgan fingerprint density at radius 3 is 2.35 bits per heavy atom. The number of rotatable bonds is 4. The highest BCUT2D eigenvalue weighted by atomic mass is 16.5. The molecule has 10 nitrogen and oxygen atoms in total. The van der Waals surface area contributed by atoms with E-state index >= 15 is 0 Å². The van der Waals surface area contributed by atoms with Crippen molar-refractivity contribution in [3.8, 4) is 0 Å². The maximum absolute atomic E-state index is 12.6. The maximum Gasteiger partial charge on any atom is 0.359 e. The van der Waals surface area contributed by atoms with E-state index in [0.29, 0.717) is 10.8 Å². The number of nitrogen functional groups attached to an aromatic ring is 2. The molecule has 0 saturated carbocycles. The molecular formula is C16H17N7O3. The van der Waals surface area contributed by atoms with Crippen LogP contribution in [0, 0.1) is 0 Å². The Hall–Kier alpha value is -3.56. The maximum atomic E-state index is 12.6. The lowest BCUT2D eigenvalue weighted by molar-refractivity contribution is 0.0454. The van der Waals surface area contributed by atoms with E-state index in [4.69, 9.17) is 16.2 Å². The van der Waals surface area contributed by atoms with Gasteiger partial charge in [-0.25, -0.2) is 9.48 Å². The van der Waals surface area contributed by atoms with E-state index in [1.807, 2.05) is 0 Å². The summed E-state index contributed by atoms with van der Waals surface area (Å²) < 4.78 is 6.47. The van der Waals surface area contributed by atoms with Gasteiger partial charge < -0.3 is 16.2 Å². The number of carbonyl (C=O) groups excluding carboxylic acids is 1. The standard InChI is InChI=1S/C16H17N7O3/c1-8(2)23-13(24)10-6-4-3-5-9(10)12(22-23)14(25)26-7-11-19-15(17)21-16(18)20-11/h3-6,8H,7H2,1-2H3,(H4,17,18,19,20,21). The Kier molecular flexibility index (Phi) is 4.48. The first-order chi connectivity index (χ1) is 12.4. The van der Waals surface area contributed by atoms with E-state index < -0.39 is 5.97 Å². The predicted octanol–water partition coefficient (Wildman–Crippen LogP) is 0.684. The smallest absolute Gasteiger partial charge is 0.359 e. The van der Waals surface area contributed by atoms with Gasteiger partial charge in [-0.1, -0.05) is 18.2 Å². The van der Waals surface area contributed by atoms with E-state index in [9.17, 15) is 9.59 Å². The Balaban J connectivity index is 1.97. The second kappa shape index (κ2) is 6.75. The molecule has 10 heteroatoms. The van der Waals surface area contributed by atoms with Crippen molar-refractivity contribution in [3.63, 3.8) is 0 Å². The van der Waals surface area contributed by atoms with Gasteiger partial charge in [-0.05, 0) is 19.9 Å². The van der Waals surface area contributed by atoms with Gasteiger partial charge in [-0.2, -0.15) is 20.1 Å². The van der Waals surface area contributed by atoms with Gasteiger partial charge in [0.25, 0.3) is 5.56 Å². The minimum atomic E-state index is -0.715. The van der Waals surface area contributed by atoms with Crippen LogP contribution in [0.5, 0.6) is 0 Å². The third-order valence-corrected chi connectivity index (χ3v) is 3.56. The molecule has 4 N–H and O–H groups in total. The minimum Gasteiger partial charge on any atom is -0.453 e. The Morgan fingerprint density at radius 2 is 1.73 bits per heavy atom. The zero-order valence-corrected chi connectivity index (χ0v) is 14.2. The van der Waals surface area contributed by atoms with Gasteiger partial charge in [0.1, 0.15) is 0 Å². The number of benzene rings is 1. The highest BCUT2D eigenvalue weighted by molar-refractivity contribution is 6.02. The molecule has 0 aliphatic carbocycles. The molecule has 26 heavy (non-hydrogen) atoms. The third-order valence-electron chi connectivity index (χ3n) is 3.56. The fourth-order valence-corrected chi connectivity index (χ4v) is 2.43. The summed E-state index contributed by atoms with van der Waals surface area (Å²) in [5.74, 6) is -0.737. The van der Waals surface area contributed by atoms with Crippen molar-refractivity contribution >= 4 is 28.6 Å². The van der Waals surface area contributed by atoms with Crippen molar-refractivity contribution in [2.24, 2.45) is 0 Å². The van der Waals surface area contributed by atoms with Crippen molar-refractivity contribution in [3.05, 3.63) is 46.1 Å². The predicted molar refractivity (Wildman–Crippen MR) is 94.2 cm³/mol. The molecule has 0 saturated heterocycles. The lowest BCUT2D eigenvalue weighted by Crippen LogP contribution is -2.28. The molecule has 134 valence electrons. The summed E-state index contributed by atoms with van der Waals surface area (Å²) in [6.45, 7) is 3.34. The number of esters is 1. The van der Waals surface area contributed by atoms with Gasteiger partial charge in [0, 0.05) is 5.39 Å². The molecule has 1 aromatic carbocycles. The molecule has 2 aromatic heterocycles. The van der Waals surface area contributed by atoms with Crippen LogP contribution in [0.25, 0.3) is 10.8 Å². The molecule has 3 rings (SSSR count). The fourth-order valence-electron chi connectivity index (χ4n) is 2.43. The average Bonchev–Trinajstić information content (AvgIpc) is 2.59. The molecule has 0 aliphatic rings. The lowest BCUT2D eigenvalue weighted by Gasteiger charge is -2.13. The summed E-state index contributed by atoms with van der Waals surface area (Å²) in [5, 5.41) is 4.97. The molecular weight excluding hydrogens is 338 g/mol. The second-order valence-corrected chi connectivity index (χ2v) is 5.78. The van der Waals surface area contributed by atoms with Gasteiger partial charge in [0.2, 0.25) is 11.9 Å². The SMILES string of the molecule is CC(C)n1nc(C(=O)OCc2nc(N)nc(N)n2)c2ccccc2c1=O. The topological polar surface area (TPSA) is 152 Å². The molecule has 0 aliphatic heterocycles. The number of anilines is 2. The Labute approximate surface area is 147 Å². The van der Waals surface area contributed by atoms with Crippen LogP contribution in [-0.2, 0) is 11.3 Å². The molecule has 0 amide bonds. The number of nitrogens with zero attached hydrogens (tertiary/aromatic N) is 5. The van der Waals surface area contributed by atoms with Gasteiger partial charge in [-0.3, -0.25) is 4.79 Å². The number of nitrogens with two attached hydrogens (primary N) is 2. The van der Waals surface area contributed by atoms with Crippen LogP contribution in [0.2, 0.25) is 0 Å². The summed E-state index contributed by atoms with van der Waals surface area (Å²) in [6, 6.07) is 6.50. The highest BCUT2D eigenvalue weighted by Gasteiger charge is 2.19. The number of ether oxygens (including phenoxy) is 1. The molecule has 0 atom stereocenters. The van der Waals surface area contributed by atoms with Crippen molar-refractivity contribution in [1.29, 1.82) is 0 Å². The average molecular weight is 355 g/mol. The van der Waals surface area contributed by atoms with Crippen LogP contribution in [0.3, 0.4) is 0 Å². The normalized spacial score (nSPS) is 11.0. The largest absolute Gasteiger partial charge is 0.453 e. The first kappa shape index (κ1) is 17.3. The minimum absolute atomic E-state index is 0.0314. The summed E-state index contributed by atoms with van der Waals surface area (Å²) in [4.78, 5) is 36.4. The van der Waals surface area contributed by atoms with Gasteiger partial charge in [0.05, 0.1) is 11.4 Å². The van der Waals surface area contributed by atoms with Gasteiger partial charge in [-0.15, -0.1) is 0 Å². The van der Waals surface area contributed by atoms with Crippen LogP contribution in [0.1, 0.15) is 36.2 Å². The highest BCUT2D eigenvalue weighted by Crippen LogP contribution is 2.16. The number of fused-ring (bicyclic) bond motifs is 1. The number of hydrogen-bond acceptors (Lipinski definition) is 9.